The SMILES string of the molecule is CC(=O)c1ccc(N2CCCC(C)(O)C2)c(Br)c1. The molecule has 4 heteroatoms. The number of carbonyl (C=O) groups excluding carboxylic acids is 1. The van der Waals surface area contributed by atoms with Crippen LogP contribution in [0.1, 0.15) is 37.0 Å². The minimum absolute atomic E-state index is 0.0629. The first-order chi connectivity index (χ1) is 8.39. The van der Waals surface area contributed by atoms with Gasteiger partial charge in [0.25, 0.3) is 0 Å². The first kappa shape index (κ1) is 13.6. The third kappa shape index (κ3) is 2.93. The molecule has 1 aliphatic rings. The van der Waals surface area contributed by atoms with Crippen LogP contribution in [-0.2, 0) is 0 Å². The molecule has 98 valence electrons. The van der Waals surface area contributed by atoms with Crippen molar-refractivity contribution in [2.45, 2.75) is 32.3 Å². The Morgan fingerprint density at radius 2 is 2.22 bits per heavy atom. The third-order valence-corrected chi connectivity index (χ3v) is 4.00. The van der Waals surface area contributed by atoms with Crippen molar-refractivity contribution < 1.29 is 9.90 Å². The molecule has 1 atom stereocenters. The average molecular weight is 312 g/mol. The van der Waals surface area contributed by atoms with Gasteiger partial charge in [0.2, 0.25) is 0 Å². The number of β-amino-alcohol motifs (C(OH)–C–C–N with tert-alkyl or cyclic N) is 1. The molecule has 0 bridgehead atoms. The number of piperidine rings is 1. The van der Waals surface area contributed by atoms with E-state index >= 15 is 0 Å². The summed E-state index contributed by atoms with van der Waals surface area (Å²) in [7, 11) is 0. The highest BCUT2D eigenvalue weighted by Crippen LogP contribution is 2.32. The van der Waals surface area contributed by atoms with Gasteiger partial charge >= 0.3 is 0 Å². The number of hydrogen-bond acceptors (Lipinski definition) is 3. The van der Waals surface area contributed by atoms with Crippen molar-refractivity contribution in [1.82, 2.24) is 0 Å². The molecule has 1 aromatic rings. The first-order valence-corrected chi connectivity index (χ1v) is 6.96. The molecule has 1 heterocycles. The van der Waals surface area contributed by atoms with Gasteiger partial charge in [0.1, 0.15) is 0 Å². The topological polar surface area (TPSA) is 40.5 Å². The molecule has 1 aromatic carbocycles. The summed E-state index contributed by atoms with van der Waals surface area (Å²) in [6, 6.07) is 5.63. The van der Waals surface area contributed by atoms with Crippen molar-refractivity contribution in [1.29, 1.82) is 0 Å². The van der Waals surface area contributed by atoms with Crippen molar-refractivity contribution in [3.05, 3.63) is 28.2 Å². The monoisotopic (exact) mass is 311 g/mol. The summed E-state index contributed by atoms with van der Waals surface area (Å²) in [5.41, 5.74) is 1.12. The molecule has 1 N–H and O–H groups in total. The lowest BCUT2D eigenvalue weighted by Crippen LogP contribution is -2.46. The fraction of sp³-hybridized carbons (Fsp3) is 0.500. The van der Waals surface area contributed by atoms with Crippen LogP contribution < -0.4 is 4.90 Å². The molecule has 3 nitrogen and oxygen atoms in total. The van der Waals surface area contributed by atoms with Gasteiger partial charge in [0.15, 0.2) is 5.78 Å². The van der Waals surface area contributed by atoms with E-state index in [4.69, 9.17) is 0 Å². The second-order valence-electron chi connectivity index (χ2n) is 5.24. The first-order valence-electron chi connectivity index (χ1n) is 6.17. The fourth-order valence-electron chi connectivity index (χ4n) is 2.41. The maximum absolute atomic E-state index is 11.3. The quantitative estimate of drug-likeness (QED) is 0.854. The number of anilines is 1. The number of halogens is 1. The Kier molecular flexibility index (Phi) is 3.78. The van der Waals surface area contributed by atoms with Crippen LogP contribution in [0, 0.1) is 0 Å². The number of Topliss-reactive ketones (excluding diaryl/α,β-unsaturated/α-hetero) is 1. The van der Waals surface area contributed by atoms with Gasteiger partial charge in [-0.05, 0) is 60.8 Å². The molecule has 0 radical (unpaired) electrons. The Morgan fingerprint density at radius 3 is 2.78 bits per heavy atom. The highest BCUT2D eigenvalue weighted by atomic mass is 79.9. The number of ketones is 1. The molecule has 1 fully saturated rings. The summed E-state index contributed by atoms with van der Waals surface area (Å²) in [5.74, 6) is 0.0629. The normalized spacial score (nSPS) is 24.1. The molecule has 0 saturated carbocycles. The van der Waals surface area contributed by atoms with E-state index in [1.807, 2.05) is 25.1 Å². The molecule has 2 rings (SSSR count). The smallest absolute Gasteiger partial charge is 0.159 e. The van der Waals surface area contributed by atoms with E-state index in [1.165, 1.54) is 0 Å². The Morgan fingerprint density at radius 1 is 1.50 bits per heavy atom. The lowest BCUT2D eigenvalue weighted by Gasteiger charge is -2.38. The van der Waals surface area contributed by atoms with Crippen LogP contribution >= 0.6 is 15.9 Å². The lowest BCUT2D eigenvalue weighted by atomic mass is 9.94. The maximum Gasteiger partial charge on any atom is 0.159 e. The van der Waals surface area contributed by atoms with Crippen molar-refractivity contribution in [2.24, 2.45) is 0 Å². The molecular formula is C14H18BrNO2. The number of aliphatic hydroxyl groups is 1. The molecule has 18 heavy (non-hydrogen) atoms. The minimum atomic E-state index is -0.628. The van der Waals surface area contributed by atoms with E-state index in [0.29, 0.717) is 12.1 Å². The van der Waals surface area contributed by atoms with Crippen molar-refractivity contribution in [2.75, 3.05) is 18.0 Å². The summed E-state index contributed by atoms with van der Waals surface area (Å²) in [6.07, 6.45) is 1.82. The second-order valence-corrected chi connectivity index (χ2v) is 6.10. The number of hydrogen-bond donors (Lipinski definition) is 1. The standard InChI is InChI=1S/C14H18BrNO2/c1-10(17)11-4-5-13(12(15)8-11)16-7-3-6-14(2,18)9-16/h4-5,8,18H,3,6-7,9H2,1-2H3. The predicted molar refractivity (Wildman–Crippen MR) is 76.2 cm³/mol. The van der Waals surface area contributed by atoms with Crippen LogP contribution in [0.25, 0.3) is 0 Å². The molecule has 0 aromatic heterocycles. The van der Waals surface area contributed by atoms with Crippen LogP contribution in [0.2, 0.25) is 0 Å². The summed E-state index contributed by atoms with van der Waals surface area (Å²) >= 11 is 3.51. The van der Waals surface area contributed by atoms with E-state index in [1.54, 1.807) is 6.92 Å². The van der Waals surface area contributed by atoms with Gasteiger partial charge in [-0.25, -0.2) is 0 Å². The summed E-state index contributed by atoms with van der Waals surface area (Å²) < 4.78 is 0.910. The molecular weight excluding hydrogens is 294 g/mol. The van der Waals surface area contributed by atoms with Gasteiger partial charge < -0.3 is 10.0 Å². The Labute approximate surface area is 116 Å². The highest BCUT2D eigenvalue weighted by Gasteiger charge is 2.29. The Bertz CT molecular complexity index is 471. The van der Waals surface area contributed by atoms with Gasteiger partial charge in [-0.3, -0.25) is 4.79 Å². The van der Waals surface area contributed by atoms with E-state index in [0.717, 1.165) is 29.5 Å². The maximum atomic E-state index is 11.3. The van der Waals surface area contributed by atoms with Crippen LogP contribution in [-0.4, -0.2) is 29.6 Å². The third-order valence-electron chi connectivity index (χ3n) is 3.37. The Balaban J connectivity index is 2.26. The summed E-state index contributed by atoms with van der Waals surface area (Å²) in [5, 5.41) is 10.1. The molecule has 0 aliphatic carbocycles. The van der Waals surface area contributed by atoms with E-state index in [-0.39, 0.29) is 5.78 Å². The molecule has 1 unspecified atom stereocenters. The fourth-order valence-corrected chi connectivity index (χ4v) is 3.04. The molecule has 0 amide bonds. The number of nitrogens with zero attached hydrogens (tertiary/aromatic N) is 1. The zero-order valence-corrected chi connectivity index (χ0v) is 12.3. The Hall–Kier alpha value is -0.870. The molecule has 1 aliphatic heterocycles. The lowest BCUT2D eigenvalue weighted by molar-refractivity contribution is 0.0449. The van der Waals surface area contributed by atoms with E-state index in [9.17, 15) is 9.90 Å². The van der Waals surface area contributed by atoms with E-state index in [2.05, 4.69) is 20.8 Å². The number of carbonyl (C=O) groups is 1. The van der Waals surface area contributed by atoms with Crippen molar-refractivity contribution >= 4 is 27.4 Å². The van der Waals surface area contributed by atoms with Gasteiger partial charge in [0, 0.05) is 23.1 Å². The van der Waals surface area contributed by atoms with Crippen LogP contribution in [0.5, 0.6) is 0 Å². The average Bonchev–Trinajstić information content (AvgIpc) is 2.27. The summed E-state index contributed by atoms with van der Waals surface area (Å²) in [6.45, 7) is 5.00. The van der Waals surface area contributed by atoms with Gasteiger partial charge in [0.05, 0.1) is 11.3 Å². The van der Waals surface area contributed by atoms with Crippen LogP contribution in [0.4, 0.5) is 5.69 Å². The summed E-state index contributed by atoms with van der Waals surface area (Å²) in [4.78, 5) is 13.5. The second kappa shape index (κ2) is 5.02. The van der Waals surface area contributed by atoms with Gasteiger partial charge in [-0.1, -0.05) is 0 Å². The zero-order valence-electron chi connectivity index (χ0n) is 10.7. The van der Waals surface area contributed by atoms with Gasteiger partial charge in [-0.2, -0.15) is 0 Å². The van der Waals surface area contributed by atoms with E-state index < -0.39 is 5.60 Å². The molecule has 0 spiro atoms. The zero-order chi connectivity index (χ0) is 13.3. The van der Waals surface area contributed by atoms with Crippen LogP contribution in [0.15, 0.2) is 22.7 Å². The van der Waals surface area contributed by atoms with Crippen molar-refractivity contribution in [3.63, 3.8) is 0 Å². The van der Waals surface area contributed by atoms with Crippen molar-refractivity contribution in [3.8, 4) is 0 Å². The van der Waals surface area contributed by atoms with Crippen LogP contribution in [0.3, 0.4) is 0 Å². The molecule has 1 saturated heterocycles. The minimum Gasteiger partial charge on any atom is -0.388 e. The number of benzene rings is 1. The van der Waals surface area contributed by atoms with Gasteiger partial charge in [-0.15, -0.1) is 0 Å². The predicted octanol–water partition coefficient (Wildman–Crippen LogP) is 3.00. The number of rotatable bonds is 2. The highest BCUT2D eigenvalue weighted by molar-refractivity contribution is 9.10. The largest absolute Gasteiger partial charge is 0.388 e.